The molecule has 2 amide bonds. The minimum Gasteiger partial charge on any atom is -0.493 e. The van der Waals surface area contributed by atoms with Crippen LogP contribution in [0.3, 0.4) is 0 Å². The van der Waals surface area contributed by atoms with Crippen LogP contribution in [0.15, 0.2) is 29.4 Å². The van der Waals surface area contributed by atoms with Crippen LogP contribution < -0.4 is 15.9 Å². The van der Waals surface area contributed by atoms with Gasteiger partial charge < -0.3 is 10.5 Å². The zero-order valence-electron chi connectivity index (χ0n) is 8.43. The van der Waals surface area contributed by atoms with Crippen molar-refractivity contribution in [2.45, 2.75) is 6.92 Å². The maximum Gasteiger partial charge on any atom is 0.332 e. The lowest BCUT2D eigenvalue weighted by molar-refractivity contribution is 0.249. The Labute approximate surface area is 87.9 Å². The largest absolute Gasteiger partial charge is 0.493 e. The van der Waals surface area contributed by atoms with E-state index in [1.54, 1.807) is 0 Å². The van der Waals surface area contributed by atoms with Gasteiger partial charge in [0.05, 0.1) is 12.8 Å². The number of carbonyl (C=O) groups is 1. The number of nitrogens with one attached hydrogen (secondary N) is 1. The van der Waals surface area contributed by atoms with Crippen LogP contribution in [0.25, 0.3) is 0 Å². The number of benzene rings is 1. The molecular weight excluding hydrogens is 194 g/mol. The fourth-order valence-corrected chi connectivity index (χ4v) is 1.04. The van der Waals surface area contributed by atoms with Crippen LogP contribution in [0, 0.1) is 0 Å². The maximum absolute atomic E-state index is 10.4. The molecule has 3 N–H and O–H groups in total. The number of carbonyl (C=O) groups excluding carboxylic acids is 1. The summed E-state index contributed by atoms with van der Waals surface area (Å²) in [7, 11) is 0. The Balaban J connectivity index is 2.74. The third kappa shape index (κ3) is 3.68. The molecule has 0 aliphatic carbocycles. The number of para-hydroxylation sites is 1. The van der Waals surface area contributed by atoms with Crippen molar-refractivity contribution in [3.8, 4) is 5.75 Å². The van der Waals surface area contributed by atoms with Crippen LogP contribution in [0.4, 0.5) is 4.79 Å². The fourth-order valence-electron chi connectivity index (χ4n) is 1.04. The highest BCUT2D eigenvalue weighted by atomic mass is 16.5. The summed E-state index contributed by atoms with van der Waals surface area (Å²) in [6.07, 6.45) is 1.48. The van der Waals surface area contributed by atoms with Crippen molar-refractivity contribution in [2.75, 3.05) is 6.61 Å². The molecule has 0 radical (unpaired) electrons. The lowest BCUT2D eigenvalue weighted by atomic mass is 10.2. The Morgan fingerprint density at radius 1 is 1.60 bits per heavy atom. The smallest absolute Gasteiger partial charge is 0.332 e. The highest BCUT2D eigenvalue weighted by Crippen LogP contribution is 2.15. The summed E-state index contributed by atoms with van der Waals surface area (Å²) in [5.41, 5.74) is 7.76. The van der Waals surface area contributed by atoms with E-state index < -0.39 is 6.03 Å². The Hall–Kier alpha value is -2.04. The third-order valence-corrected chi connectivity index (χ3v) is 1.60. The lowest BCUT2D eigenvalue weighted by Crippen LogP contribution is -2.24. The first-order valence-corrected chi connectivity index (χ1v) is 4.54. The zero-order chi connectivity index (χ0) is 11.1. The third-order valence-electron chi connectivity index (χ3n) is 1.60. The molecule has 1 aromatic carbocycles. The molecule has 5 nitrogen and oxygen atoms in total. The standard InChI is InChI=1S/C10H13N3O2/c1-2-15-9-6-4-3-5-8(9)7-12-13-10(11)14/h3-7H,2H2,1H3,(H3,11,13,14). The first-order chi connectivity index (χ1) is 7.24. The first kappa shape index (κ1) is 11.0. The fraction of sp³-hybridized carbons (Fsp3) is 0.200. The Kier molecular flexibility index (Phi) is 4.15. The lowest BCUT2D eigenvalue weighted by Gasteiger charge is -2.05. The highest BCUT2D eigenvalue weighted by Gasteiger charge is 1.98. The quantitative estimate of drug-likeness (QED) is 0.572. The normalized spacial score (nSPS) is 10.2. The first-order valence-electron chi connectivity index (χ1n) is 4.54. The number of ether oxygens (including phenoxy) is 1. The van der Waals surface area contributed by atoms with Crippen LogP contribution in [0.1, 0.15) is 12.5 Å². The van der Waals surface area contributed by atoms with Gasteiger partial charge in [-0.2, -0.15) is 5.10 Å². The van der Waals surface area contributed by atoms with Gasteiger partial charge in [0.1, 0.15) is 5.75 Å². The second-order valence-electron chi connectivity index (χ2n) is 2.71. The van der Waals surface area contributed by atoms with Crippen molar-refractivity contribution >= 4 is 12.2 Å². The summed E-state index contributed by atoms with van der Waals surface area (Å²) in [6.45, 7) is 2.48. The van der Waals surface area contributed by atoms with Crippen LogP contribution in [-0.4, -0.2) is 18.9 Å². The molecule has 5 heteroatoms. The molecule has 0 atom stereocenters. The van der Waals surface area contributed by atoms with Gasteiger partial charge in [0.2, 0.25) is 0 Å². The van der Waals surface area contributed by atoms with Gasteiger partial charge in [-0.1, -0.05) is 12.1 Å². The van der Waals surface area contributed by atoms with Gasteiger partial charge in [-0.05, 0) is 19.1 Å². The maximum atomic E-state index is 10.4. The predicted octanol–water partition coefficient (Wildman–Crippen LogP) is 1.09. The van der Waals surface area contributed by atoms with Gasteiger partial charge in [-0.25, -0.2) is 10.2 Å². The number of amides is 2. The molecule has 0 aliphatic heterocycles. The monoisotopic (exact) mass is 207 g/mol. The Morgan fingerprint density at radius 2 is 2.33 bits per heavy atom. The number of nitrogens with two attached hydrogens (primary N) is 1. The van der Waals surface area contributed by atoms with Crippen molar-refractivity contribution in [1.82, 2.24) is 5.43 Å². The number of hydrazone groups is 1. The second kappa shape index (κ2) is 5.64. The number of hydrogen-bond acceptors (Lipinski definition) is 3. The summed E-state index contributed by atoms with van der Waals surface area (Å²) in [5.74, 6) is 0.718. The van der Waals surface area contributed by atoms with Crippen molar-refractivity contribution in [2.24, 2.45) is 10.8 Å². The summed E-state index contributed by atoms with van der Waals surface area (Å²) in [4.78, 5) is 10.4. The van der Waals surface area contributed by atoms with E-state index in [9.17, 15) is 4.79 Å². The molecule has 80 valence electrons. The Morgan fingerprint density at radius 3 is 3.00 bits per heavy atom. The molecule has 0 saturated heterocycles. The summed E-state index contributed by atoms with van der Waals surface area (Å²) >= 11 is 0. The zero-order valence-corrected chi connectivity index (χ0v) is 8.43. The number of rotatable bonds is 4. The van der Waals surface area contributed by atoms with Crippen molar-refractivity contribution in [3.05, 3.63) is 29.8 Å². The van der Waals surface area contributed by atoms with E-state index in [-0.39, 0.29) is 0 Å². The average molecular weight is 207 g/mol. The number of nitrogens with zero attached hydrogens (tertiary/aromatic N) is 1. The molecule has 15 heavy (non-hydrogen) atoms. The number of hydrogen-bond donors (Lipinski definition) is 2. The van der Waals surface area contributed by atoms with E-state index in [1.807, 2.05) is 31.2 Å². The van der Waals surface area contributed by atoms with Gasteiger partial charge in [-0.15, -0.1) is 0 Å². The van der Waals surface area contributed by atoms with Crippen LogP contribution >= 0.6 is 0 Å². The van der Waals surface area contributed by atoms with Crippen molar-refractivity contribution in [3.63, 3.8) is 0 Å². The van der Waals surface area contributed by atoms with Gasteiger partial charge in [0.25, 0.3) is 0 Å². The van der Waals surface area contributed by atoms with Crippen molar-refractivity contribution < 1.29 is 9.53 Å². The van der Waals surface area contributed by atoms with Gasteiger partial charge in [0.15, 0.2) is 0 Å². The van der Waals surface area contributed by atoms with E-state index in [0.29, 0.717) is 6.61 Å². The molecule has 0 heterocycles. The van der Waals surface area contributed by atoms with Crippen molar-refractivity contribution in [1.29, 1.82) is 0 Å². The second-order valence-corrected chi connectivity index (χ2v) is 2.71. The SMILES string of the molecule is CCOc1ccccc1C=NNC(N)=O. The molecule has 0 spiro atoms. The topological polar surface area (TPSA) is 76.7 Å². The number of urea groups is 1. The minimum absolute atomic E-state index is 0.577. The van der Waals surface area contributed by atoms with Crippen LogP contribution in [0.2, 0.25) is 0 Å². The van der Waals surface area contributed by atoms with Gasteiger partial charge in [0, 0.05) is 5.56 Å². The summed E-state index contributed by atoms with van der Waals surface area (Å²) in [6, 6.07) is 6.68. The Bertz CT molecular complexity index is 363. The molecule has 0 aliphatic rings. The molecule has 1 rings (SSSR count). The molecular formula is C10H13N3O2. The van der Waals surface area contributed by atoms with Crippen LogP contribution in [-0.2, 0) is 0 Å². The predicted molar refractivity (Wildman–Crippen MR) is 57.9 cm³/mol. The molecule has 1 aromatic rings. The summed E-state index contributed by atoms with van der Waals surface area (Å²) < 4.78 is 5.36. The van der Waals surface area contributed by atoms with Crippen LogP contribution in [0.5, 0.6) is 5.75 Å². The molecule has 0 bridgehead atoms. The molecule has 0 aromatic heterocycles. The minimum atomic E-state index is -0.694. The summed E-state index contributed by atoms with van der Waals surface area (Å²) in [5, 5.41) is 3.65. The van der Waals surface area contributed by atoms with Gasteiger partial charge >= 0.3 is 6.03 Å². The molecule has 0 fully saturated rings. The van der Waals surface area contributed by atoms with E-state index >= 15 is 0 Å². The average Bonchev–Trinajstić information content (AvgIpc) is 2.20. The van der Waals surface area contributed by atoms with E-state index in [0.717, 1.165) is 11.3 Å². The van der Waals surface area contributed by atoms with E-state index in [1.165, 1.54) is 6.21 Å². The van der Waals surface area contributed by atoms with E-state index in [2.05, 4.69) is 10.5 Å². The van der Waals surface area contributed by atoms with Gasteiger partial charge in [-0.3, -0.25) is 0 Å². The highest BCUT2D eigenvalue weighted by molar-refractivity contribution is 5.84. The number of primary amides is 1. The van der Waals surface area contributed by atoms with E-state index in [4.69, 9.17) is 10.5 Å². The molecule has 0 saturated carbocycles. The molecule has 0 unspecified atom stereocenters.